The summed E-state index contributed by atoms with van der Waals surface area (Å²) in [5.74, 6) is 0.667. The summed E-state index contributed by atoms with van der Waals surface area (Å²) in [6.07, 6.45) is 0. The third-order valence-electron chi connectivity index (χ3n) is 8.82. The van der Waals surface area contributed by atoms with E-state index < -0.39 is 32.3 Å². The zero-order valence-electron chi connectivity index (χ0n) is 27.8. The Labute approximate surface area is 261 Å². The largest absolute Gasteiger partial charge is 0.530 e. The Bertz CT molecular complexity index is 1550. The van der Waals surface area contributed by atoms with Crippen LogP contribution in [0, 0.1) is 12.3 Å². The number of hydrogen-bond acceptors (Lipinski definition) is 9. The van der Waals surface area contributed by atoms with Gasteiger partial charge in [-0.2, -0.15) is 0 Å². The fraction of sp³-hybridized carbons (Fsp3) is 0.606. The van der Waals surface area contributed by atoms with Crippen LogP contribution in [0.1, 0.15) is 103 Å². The summed E-state index contributed by atoms with van der Waals surface area (Å²) in [4.78, 5) is 13.9. The number of ether oxygens (including phenoxy) is 1. The van der Waals surface area contributed by atoms with Crippen molar-refractivity contribution in [2.24, 2.45) is 5.41 Å². The molecule has 2 aromatic carbocycles. The summed E-state index contributed by atoms with van der Waals surface area (Å²) in [6.45, 7) is 23.0. The Hall–Kier alpha value is -1.99. The molecule has 1 unspecified atom stereocenters. The monoisotopic (exact) mass is 648 g/mol. The molecule has 0 N–H and O–H groups in total. The van der Waals surface area contributed by atoms with Gasteiger partial charge >= 0.3 is 22.0 Å². The second kappa shape index (κ2) is 10.8. The van der Waals surface area contributed by atoms with Crippen LogP contribution < -0.4 is 9.26 Å². The van der Waals surface area contributed by atoms with E-state index in [4.69, 9.17) is 27.4 Å². The number of carbonyl (C=O) groups is 1. The van der Waals surface area contributed by atoms with Gasteiger partial charge in [0.25, 0.3) is 0 Å². The summed E-state index contributed by atoms with van der Waals surface area (Å²) < 4.78 is 59.3. The highest BCUT2D eigenvalue weighted by atomic mass is 31.2. The lowest BCUT2D eigenvalue weighted by Crippen LogP contribution is -2.45. The average Bonchev–Trinajstić information content (AvgIpc) is 3.17. The van der Waals surface area contributed by atoms with Gasteiger partial charge in [-0.05, 0) is 46.8 Å². The molecule has 3 heterocycles. The predicted molar refractivity (Wildman–Crippen MR) is 169 cm³/mol. The van der Waals surface area contributed by atoms with E-state index in [0.29, 0.717) is 17.1 Å². The average molecular weight is 649 g/mol. The molecule has 0 radical (unpaired) electrons. The van der Waals surface area contributed by atoms with Gasteiger partial charge in [0.2, 0.25) is 0 Å². The predicted octanol–water partition coefficient (Wildman–Crippen LogP) is 8.07. The van der Waals surface area contributed by atoms with E-state index in [1.165, 1.54) is 0 Å². The molecule has 3 aliphatic heterocycles. The quantitative estimate of drug-likeness (QED) is 0.186. The Morgan fingerprint density at radius 3 is 1.91 bits per heavy atom. The molecular weight excluding hydrogens is 602 g/mol. The minimum absolute atomic E-state index is 0.00826. The molecule has 1 atom stereocenters. The number of phosphoric ester groups is 1. The van der Waals surface area contributed by atoms with Gasteiger partial charge in [0, 0.05) is 16.7 Å². The van der Waals surface area contributed by atoms with Gasteiger partial charge in [0.05, 0.1) is 31.8 Å². The summed E-state index contributed by atoms with van der Waals surface area (Å²) in [6, 6.07) is 8.13. The molecule has 5 rings (SSSR count). The lowest BCUT2D eigenvalue weighted by molar-refractivity contribution is -0.136. The lowest BCUT2D eigenvalue weighted by Gasteiger charge is -2.40. The molecule has 0 saturated carbocycles. The van der Waals surface area contributed by atoms with E-state index in [-0.39, 0.29) is 43.2 Å². The van der Waals surface area contributed by atoms with Crippen LogP contribution in [0.15, 0.2) is 24.3 Å². The van der Waals surface area contributed by atoms with Crippen molar-refractivity contribution in [1.82, 2.24) is 0 Å². The van der Waals surface area contributed by atoms with Crippen LogP contribution in [0.25, 0.3) is 0 Å². The number of rotatable bonds is 3. The molecule has 2 aromatic rings. The van der Waals surface area contributed by atoms with Gasteiger partial charge < -0.3 is 18.3 Å². The molecule has 2 fully saturated rings. The maximum atomic E-state index is 13.9. The normalized spacial score (nSPS) is 29.4. The van der Waals surface area contributed by atoms with Crippen LogP contribution in [0.3, 0.4) is 0 Å². The van der Waals surface area contributed by atoms with Gasteiger partial charge in [-0.3, -0.25) is 18.4 Å². The smallest absolute Gasteiger partial charge is 0.425 e. The van der Waals surface area contributed by atoms with Crippen molar-refractivity contribution in [3.05, 3.63) is 57.6 Å². The Kier molecular flexibility index (Phi) is 8.18. The molecule has 44 heavy (non-hydrogen) atoms. The molecule has 2 saturated heterocycles. The number of benzene rings is 2. The third kappa shape index (κ3) is 5.97. The summed E-state index contributed by atoms with van der Waals surface area (Å²) >= 11 is 0. The minimum Gasteiger partial charge on any atom is -0.425 e. The number of fused-ring (bicyclic) bond motifs is 1. The molecule has 0 aromatic heterocycles. The van der Waals surface area contributed by atoms with Crippen molar-refractivity contribution in [3.8, 4) is 11.5 Å². The standard InChI is InChI=1S/C33H46O9P2/c1-20-12-22(32(11)25-14-21(29(2,3)4)13-24(31(8,9)10)27(25)41-28(32)34)15-23(30(5,6)7)26(20)42-44(36)39-18-33(19-40-44)16-37-43(35)38-17-33/h12-15,43H,16-19H2,1-11H3. The van der Waals surface area contributed by atoms with Crippen LogP contribution in [0.5, 0.6) is 11.5 Å². The van der Waals surface area contributed by atoms with E-state index in [1.54, 1.807) is 0 Å². The Morgan fingerprint density at radius 2 is 1.39 bits per heavy atom. The topological polar surface area (TPSA) is 107 Å². The summed E-state index contributed by atoms with van der Waals surface area (Å²) in [5.41, 5.74) is 2.50. The first kappa shape index (κ1) is 33.4. The fourth-order valence-corrected chi connectivity index (χ4v) is 8.21. The van der Waals surface area contributed by atoms with Gasteiger partial charge in [-0.1, -0.05) is 86.6 Å². The van der Waals surface area contributed by atoms with Gasteiger partial charge in [-0.15, -0.1) is 0 Å². The fourth-order valence-electron chi connectivity index (χ4n) is 5.77. The zero-order valence-corrected chi connectivity index (χ0v) is 29.7. The van der Waals surface area contributed by atoms with Crippen molar-refractivity contribution in [2.75, 3.05) is 26.4 Å². The van der Waals surface area contributed by atoms with E-state index in [2.05, 4.69) is 53.7 Å². The molecule has 3 aliphatic rings. The van der Waals surface area contributed by atoms with E-state index >= 15 is 0 Å². The second-order valence-corrected chi connectivity index (χ2v) is 18.4. The van der Waals surface area contributed by atoms with Crippen LogP contribution in [0.4, 0.5) is 0 Å². The number of carbonyl (C=O) groups excluding carboxylic acids is 1. The van der Waals surface area contributed by atoms with Crippen molar-refractivity contribution in [3.63, 3.8) is 0 Å². The molecular formula is C33H46O9P2. The van der Waals surface area contributed by atoms with Crippen LogP contribution in [-0.4, -0.2) is 32.4 Å². The Balaban J connectivity index is 1.58. The molecule has 0 bridgehead atoms. The van der Waals surface area contributed by atoms with Crippen molar-refractivity contribution >= 4 is 22.0 Å². The summed E-state index contributed by atoms with van der Waals surface area (Å²) in [5, 5.41) is 0. The van der Waals surface area contributed by atoms with Crippen LogP contribution >= 0.6 is 16.1 Å². The van der Waals surface area contributed by atoms with Crippen LogP contribution in [-0.2, 0) is 53.7 Å². The minimum atomic E-state index is -4.01. The molecule has 242 valence electrons. The molecule has 11 heteroatoms. The third-order valence-corrected chi connectivity index (χ3v) is 10.9. The number of esters is 1. The molecule has 0 aliphatic carbocycles. The maximum absolute atomic E-state index is 13.9. The second-order valence-electron chi connectivity index (χ2n) is 15.7. The highest BCUT2D eigenvalue weighted by molar-refractivity contribution is 7.49. The van der Waals surface area contributed by atoms with Crippen molar-refractivity contribution in [1.29, 1.82) is 0 Å². The van der Waals surface area contributed by atoms with Gasteiger partial charge in [0.15, 0.2) is 0 Å². The lowest BCUT2D eigenvalue weighted by atomic mass is 9.71. The van der Waals surface area contributed by atoms with Gasteiger partial charge in [-0.25, -0.2) is 4.57 Å². The highest BCUT2D eigenvalue weighted by Crippen LogP contribution is 2.58. The molecule has 1 spiro atoms. The van der Waals surface area contributed by atoms with E-state index in [0.717, 1.165) is 27.8 Å². The first-order valence-electron chi connectivity index (χ1n) is 15.0. The highest BCUT2D eigenvalue weighted by Gasteiger charge is 2.51. The van der Waals surface area contributed by atoms with E-state index in [9.17, 15) is 13.9 Å². The number of hydrogen-bond donors (Lipinski definition) is 0. The first-order valence-corrected chi connectivity index (χ1v) is 17.7. The van der Waals surface area contributed by atoms with Crippen LogP contribution in [0.2, 0.25) is 0 Å². The maximum Gasteiger partial charge on any atom is 0.530 e. The van der Waals surface area contributed by atoms with Crippen molar-refractivity contribution < 1.29 is 41.3 Å². The zero-order chi connectivity index (χ0) is 32.7. The first-order chi connectivity index (χ1) is 20.1. The number of phosphoric acid groups is 1. The van der Waals surface area contributed by atoms with Crippen molar-refractivity contribution in [2.45, 2.75) is 97.8 Å². The van der Waals surface area contributed by atoms with E-state index in [1.807, 2.05) is 46.8 Å². The number of aryl methyl sites for hydroxylation is 1. The molecule has 9 nitrogen and oxygen atoms in total. The summed E-state index contributed by atoms with van der Waals surface area (Å²) in [7, 11) is -6.54. The van der Waals surface area contributed by atoms with Gasteiger partial charge in [0.1, 0.15) is 16.9 Å². The molecule has 0 amide bonds. The SMILES string of the molecule is Cc1cc(C2(C)C(=O)Oc3c(C(C)(C)C)cc(C(C)(C)C)cc32)cc(C(C)(C)C)c1OP1(=O)OCC2(CO[PH](=O)OC2)CO1. The Morgan fingerprint density at radius 1 is 0.818 bits per heavy atom.